The Labute approximate surface area is 249 Å². The summed E-state index contributed by atoms with van der Waals surface area (Å²) in [5.41, 5.74) is -0.320. The molecular formula is C26H23BrCl2N4O6S. The molecule has 0 N–H and O–H groups in total. The van der Waals surface area contributed by atoms with Crippen molar-refractivity contribution in [3.05, 3.63) is 68.7 Å². The third kappa shape index (κ3) is 4.85. The largest absolute Gasteiger partial charge is 0.468 e. The number of hydrogen-bond donors (Lipinski definition) is 0. The Bertz CT molecular complexity index is 1620. The van der Waals surface area contributed by atoms with Gasteiger partial charge in [0.25, 0.3) is 15.9 Å². The lowest BCUT2D eigenvalue weighted by atomic mass is 9.92. The number of Topliss-reactive ketones (excluding diaryl/α,β-unsaturated/α-hetero) is 1. The molecule has 1 fully saturated rings. The number of anilines is 2. The van der Waals surface area contributed by atoms with E-state index in [4.69, 9.17) is 27.9 Å². The predicted octanol–water partition coefficient (Wildman–Crippen LogP) is 4.34. The van der Waals surface area contributed by atoms with Gasteiger partial charge in [-0.2, -0.15) is 4.31 Å². The van der Waals surface area contributed by atoms with Crippen molar-refractivity contribution < 1.29 is 27.5 Å². The second-order valence-electron chi connectivity index (χ2n) is 9.73. The molecule has 1 aromatic heterocycles. The van der Waals surface area contributed by atoms with Crippen molar-refractivity contribution in [3.63, 3.8) is 0 Å². The minimum Gasteiger partial charge on any atom is -0.468 e. The number of aromatic nitrogens is 2. The Morgan fingerprint density at radius 2 is 1.80 bits per heavy atom. The average Bonchev–Trinajstić information content (AvgIpc) is 3.43. The number of imidazole rings is 1. The molecule has 40 heavy (non-hydrogen) atoms. The van der Waals surface area contributed by atoms with Crippen LogP contribution in [0.1, 0.15) is 18.9 Å². The molecule has 210 valence electrons. The van der Waals surface area contributed by atoms with E-state index in [0.29, 0.717) is 5.69 Å². The maximum Gasteiger partial charge on any atom is 0.317 e. The standard InChI is InChI=1S/C26H23BrCl2N4O6S/c1-26(12-15-3-5-16(27)6-4-15)24(36)32(19-10-17(28)9-18(29)11-19)25-30-13-22(33(25)26)40(37,38)31-8-7-21(34)20(14-31)23(35)39-2/h3-6,9-11,13,20H,7-8,12,14H2,1-2H3/t20?,26-/m1/s1. The number of carbonyl (C=O) groups excluding carboxylic acids is 3. The van der Waals surface area contributed by atoms with E-state index in [1.54, 1.807) is 19.1 Å². The van der Waals surface area contributed by atoms with Gasteiger partial charge < -0.3 is 4.74 Å². The molecule has 3 heterocycles. The molecule has 1 unspecified atom stereocenters. The minimum atomic E-state index is -4.32. The van der Waals surface area contributed by atoms with E-state index in [1.807, 2.05) is 24.3 Å². The lowest BCUT2D eigenvalue weighted by molar-refractivity contribution is -0.150. The highest BCUT2D eigenvalue weighted by atomic mass is 79.9. The fourth-order valence-electron chi connectivity index (χ4n) is 5.12. The van der Waals surface area contributed by atoms with Crippen LogP contribution < -0.4 is 4.90 Å². The van der Waals surface area contributed by atoms with Crippen LogP contribution in [0.2, 0.25) is 10.0 Å². The number of rotatable bonds is 6. The van der Waals surface area contributed by atoms with Gasteiger partial charge in [0.15, 0.2) is 5.03 Å². The first-order chi connectivity index (χ1) is 18.9. The zero-order chi connectivity index (χ0) is 29.0. The number of fused-ring (bicyclic) bond motifs is 1. The Morgan fingerprint density at radius 3 is 2.42 bits per heavy atom. The van der Waals surface area contributed by atoms with Gasteiger partial charge in [-0.1, -0.05) is 51.3 Å². The summed E-state index contributed by atoms with van der Waals surface area (Å²) in [6, 6.07) is 11.9. The van der Waals surface area contributed by atoms with Crippen LogP contribution >= 0.6 is 39.1 Å². The zero-order valence-electron chi connectivity index (χ0n) is 21.3. The Morgan fingerprint density at radius 1 is 1.15 bits per heavy atom. The molecule has 2 aromatic carbocycles. The van der Waals surface area contributed by atoms with Crippen molar-refractivity contribution in [3.8, 4) is 0 Å². The first kappa shape index (κ1) is 28.7. The molecule has 2 aliphatic rings. The maximum absolute atomic E-state index is 14.2. The van der Waals surface area contributed by atoms with Crippen molar-refractivity contribution in [2.45, 2.75) is 30.3 Å². The number of esters is 1. The van der Waals surface area contributed by atoms with Crippen molar-refractivity contribution in [1.82, 2.24) is 13.9 Å². The number of piperidine rings is 1. The fourth-order valence-corrected chi connectivity index (χ4v) is 7.54. The van der Waals surface area contributed by atoms with Gasteiger partial charge >= 0.3 is 5.97 Å². The number of carbonyl (C=O) groups is 3. The Kier molecular flexibility index (Phi) is 7.60. The number of hydrogen-bond acceptors (Lipinski definition) is 7. The van der Waals surface area contributed by atoms with E-state index in [9.17, 15) is 22.8 Å². The summed E-state index contributed by atoms with van der Waals surface area (Å²) < 4.78 is 36.1. The van der Waals surface area contributed by atoms with Crippen molar-refractivity contribution in [2.24, 2.45) is 5.92 Å². The van der Waals surface area contributed by atoms with Crippen molar-refractivity contribution in [1.29, 1.82) is 0 Å². The van der Waals surface area contributed by atoms with Gasteiger partial charge in [0, 0.05) is 40.4 Å². The van der Waals surface area contributed by atoms with E-state index < -0.39 is 39.1 Å². The van der Waals surface area contributed by atoms with E-state index >= 15 is 0 Å². The molecule has 0 aliphatic carbocycles. The summed E-state index contributed by atoms with van der Waals surface area (Å²) in [5, 5.41) is 0.327. The summed E-state index contributed by atoms with van der Waals surface area (Å²) in [7, 11) is -3.18. The highest BCUT2D eigenvalue weighted by molar-refractivity contribution is 9.10. The van der Waals surface area contributed by atoms with E-state index in [0.717, 1.165) is 21.5 Å². The molecule has 1 amide bonds. The third-order valence-electron chi connectivity index (χ3n) is 7.11. The SMILES string of the molecule is COC(=O)C1CN(S(=O)(=O)c2cnc3n2[C@](C)(Cc2ccc(Br)cc2)C(=O)N3c2cc(Cl)cc(Cl)c2)CCC1=O. The summed E-state index contributed by atoms with van der Waals surface area (Å²) in [6.45, 7) is 1.14. The lowest BCUT2D eigenvalue weighted by Crippen LogP contribution is -2.48. The van der Waals surface area contributed by atoms with E-state index in [-0.39, 0.29) is 47.0 Å². The number of nitrogens with zero attached hydrogens (tertiary/aromatic N) is 4. The van der Waals surface area contributed by atoms with Crippen LogP contribution in [0.5, 0.6) is 0 Å². The first-order valence-electron chi connectivity index (χ1n) is 12.1. The quantitative estimate of drug-likeness (QED) is 0.283. The van der Waals surface area contributed by atoms with Crippen molar-refractivity contribution >= 4 is 78.5 Å². The molecule has 0 bridgehead atoms. The second kappa shape index (κ2) is 10.6. The van der Waals surface area contributed by atoms with Crippen LogP contribution in [-0.4, -0.2) is 60.1 Å². The van der Waals surface area contributed by atoms with Gasteiger partial charge in [0.1, 0.15) is 17.2 Å². The normalized spacial score (nSPS) is 21.5. The Balaban J connectivity index is 1.65. The maximum atomic E-state index is 14.2. The van der Waals surface area contributed by atoms with Gasteiger partial charge in [-0.15, -0.1) is 0 Å². The monoisotopic (exact) mass is 668 g/mol. The van der Waals surface area contributed by atoms with Crippen LogP contribution in [0, 0.1) is 5.92 Å². The highest BCUT2D eigenvalue weighted by Crippen LogP contribution is 2.45. The molecule has 14 heteroatoms. The number of benzene rings is 2. The zero-order valence-corrected chi connectivity index (χ0v) is 25.2. The van der Waals surface area contributed by atoms with Crippen LogP contribution in [0.25, 0.3) is 0 Å². The summed E-state index contributed by atoms with van der Waals surface area (Å²) in [4.78, 5) is 44.4. The third-order valence-corrected chi connectivity index (χ3v) is 9.90. The molecule has 3 aromatic rings. The summed E-state index contributed by atoms with van der Waals surface area (Å²) in [5.74, 6) is -2.80. The van der Waals surface area contributed by atoms with Crippen LogP contribution in [-0.2, 0) is 41.1 Å². The van der Waals surface area contributed by atoms with Gasteiger partial charge in [-0.3, -0.25) is 19.0 Å². The molecule has 0 spiro atoms. The topological polar surface area (TPSA) is 119 Å². The second-order valence-corrected chi connectivity index (χ2v) is 13.4. The molecule has 2 aliphatic heterocycles. The minimum absolute atomic E-state index is 0.0686. The van der Waals surface area contributed by atoms with Gasteiger partial charge in [-0.25, -0.2) is 18.3 Å². The number of ketones is 1. The molecule has 10 nitrogen and oxygen atoms in total. The Hall–Kier alpha value is -2.77. The molecule has 2 atom stereocenters. The van der Waals surface area contributed by atoms with Crippen LogP contribution in [0.3, 0.4) is 0 Å². The predicted molar refractivity (Wildman–Crippen MR) is 151 cm³/mol. The summed E-state index contributed by atoms with van der Waals surface area (Å²) in [6.07, 6.45) is 1.17. The van der Waals surface area contributed by atoms with E-state index in [1.165, 1.54) is 21.7 Å². The number of ether oxygens (including phenoxy) is 1. The number of halogens is 3. The smallest absolute Gasteiger partial charge is 0.317 e. The number of methoxy groups -OCH3 is 1. The van der Waals surface area contributed by atoms with E-state index in [2.05, 4.69) is 20.9 Å². The number of amides is 1. The molecule has 0 saturated carbocycles. The fraction of sp³-hybridized carbons (Fsp3) is 0.308. The van der Waals surface area contributed by atoms with Gasteiger partial charge in [-0.05, 0) is 42.8 Å². The molecule has 1 saturated heterocycles. The van der Waals surface area contributed by atoms with Gasteiger partial charge in [0.05, 0.1) is 19.0 Å². The van der Waals surface area contributed by atoms with Crippen LogP contribution in [0.15, 0.2) is 58.2 Å². The highest BCUT2D eigenvalue weighted by Gasteiger charge is 2.53. The van der Waals surface area contributed by atoms with Crippen molar-refractivity contribution in [2.75, 3.05) is 25.1 Å². The lowest BCUT2D eigenvalue weighted by Gasteiger charge is -2.31. The van der Waals surface area contributed by atoms with Crippen LogP contribution in [0.4, 0.5) is 11.6 Å². The number of sulfonamides is 1. The average molecular weight is 670 g/mol. The first-order valence-corrected chi connectivity index (χ1v) is 15.1. The van der Waals surface area contributed by atoms with Gasteiger partial charge in [0.2, 0.25) is 5.95 Å². The summed E-state index contributed by atoms with van der Waals surface area (Å²) >= 11 is 15.9. The molecule has 0 radical (unpaired) electrons. The molecule has 5 rings (SSSR count). The molecular weight excluding hydrogens is 647 g/mol.